The Morgan fingerprint density at radius 1 is 1.47 bits per heavy atom. The summed E-state index contributed by atoms with van der Waals surface area (Å²) < 4.78 is 22.3. The van der Waals surface area contributed by atoms with Crippen molar-refractivity contribution in [3.05, 3.63) is 0 Å². The van der Waals surface area contributed by atoms with Gasteiger partial charge in [0.2, 0.25) is 5.91 Å². The molecule has 15 heavy (non-hydrogen) atoms. The van der Waals surface area contributed by atoms with Crippen LogP contribution in [0.2, 0.25) is 0 Å². The predicted octanol–water partition coefficient (Wildman–Crippen LogP) is -0.583. The van der Waals surface area contributed by atoms with Crippen molar-refractivity contribution >= 4 is 15.7 Å². The second-order valence-electron chi connectivity index (χ2n) is 3.96. The normalized spacial score (nSPS) is 23.5. The summed E-state index contributed by atoms with van der Waals surface area (Å²) in [4.78, 5) is 11.0. The molecule has 88 valence electrons. The van der Waals surface area contributed by atoms with Crippen molar-refractivity contribution in [1.82, 2.24) is 5.32 Å². The maximum Gasteiger partial charge on any atom is 0.234 e. The van der Waals surface area contributed by atoms with Crippen LogP contribution in [0.4, 0.5) is 0 Å². The third-order valence-corrected chi connectivity index (χ3v) is 4.46. The molecular weight excluding hydrogens is 216 g/mol. The van der Waals surface area contributed by atoms with E-state index in [2.05, 4.69) is 5.32 Å². The van der Waals surface area contributed by atoms with E-state index in [-0.39, 0.29) is 29.5 Å². The van der Waals surface area contributed by atoms with Crippen LogP contribution in [0.25, 0.3) is 0 Å². The van der Waals surface area contributed by atoms with Gasteiger partial charge in [-0.2, -0.15) is 0 Å². The lowest BCUT2D eigenvalue weighted by Crippen LogP contribution is -2.48. The zero-order chi connectivity index (χ0) is 11.5. The zero-order valence-corrected chi connectivity index (χ0v) is 9.72. The topological polar surface area (TPSA) is 89.3 Å². The largest absolute Gasteiger partial charge is 0.368 e. The van der Waals surface area contributed by atoms with Gasteiger partial charge in [-0.25, -0.2) is 8.42 Å². The Bertz CT molecular complexity index is 312. The number of nitrogens with two attached hydrogens (primary N) is 1. The van der Waals surface area contributed by atoms with Crippen LogP contribution >= 0.6 is 0 Å². The molecule has 1 atom stereocenters. The molecule has 0 saturated carbocycles. The van der Waals surface area contributed by atoms with Gasteiger partial charge in [-0.1, -0.05) is 6.92 Å². The van der Waals surface area contributed by atoms with Gasteiger partial charge in [0.25, 0.3) is 0 Å². The second kappa shape index (κ2) is 4.94. The SMILES string of the molecule is CCC(NC1CCS(=O)(=O)CC1)C(N)=O. The molecular formula is C9H18N2O3S. The van der Waals surface area contributed by atoms with E-state index in [0.29, 0.717) is 19.3 Å². The first-order chi connectivity index (χ1) is 6.94. The van der Waals surface area contributed by atoms with Gasteiger partial charge in [-0.3, -0.25) is 4.79 Å². The van der Waals surface area contributed by atoms with Gasteiger partial charge in [0.15, 0.2) is 0 Å². The van der Waals surface area contributed by atoms with Gasteiger partial charge in [-0.15, -0.1) is 0 Å². The summed E-state index contributed by atoms with van der Waals surface area (Å²) in [5.41, 5.74) is 5.20. The summed E-state index contributed by atoms with van der Waals surface area (Å²) in [6.45, 7) is 1.88. The van der Waals surface area contributed by atoms with Crippen LogP contribution in [0, 0.1) is 0 Å². The number of hydrogen-bond acceptors (Lipinski definition) is 4. The fourth-order valence-electron chi connectivity index (χ4n) is 1.74. The monoisotopic (exact) mass is 234 g/mol. The van der Waals surface area contributed by atoms with Crippen molar-refractivity contribution in [2.45, 2.75) is 38.3 Å². The summed E-state index contributed by atoms with van der Waals surface area (Å²) in [5, 5.41) is 3.10. The highest BCUT2D eigenvalue weighted by Crippen LogP contribution is 2.13. The molecule has 0 aromatic heterocycles. The van der Waals surface area contributed by atoms with E-state index >= 15 is 0 Å². The Labute approximate surface area is 90.3 Å². The van der Waals surface area contributed by atoms with Crippen LogP contribution in [0.3, 0.4) is 0 Å². The van der Waals surface area contributed by atoms with E-state index in [1.807, 2.05) is 6.92 Å². The molecule has 3 N–H and O–H groups in total. The molecule has 1 rings (SSSR count). The van der Waals surface area contributed by atoms with Gasteiger partial charge in [0.1, 0.15) is 9.84 Å². The van der Waals surface area contributed by atoms with Crippen molar-refractivity contribution in [2.24, 2.45) is 5.73 Å². The Morgan fingerprint density at radius 3 is 2.40 bits per heavy atom. The molecule has 1 aliphatic rings. The zero-order valence-electron chi connectivity index (χ0n) is 8.90. The Morgan fingerprint density at radius 2 is 2.00 bits per heavy atom. The summed E-state index contributed by atoms with van der Waals surface area (Å²) in [6, 6.07) is -0.234. The van der Waals surface area contributed by atoms with Crippen LogP contribution in [-0.4, -0.2) is 37.9 Å². The predicted molar refractivity (Wildman–Crippen MR) is 58.1 cm³/mol. The molecule has 0 aromatic carbocycles. The van der Waals surface area contributed by atoms with E-state index in [0.717, 1.165) is 0 Å². The molecule has 0 bridgehead atoms. The lowest BCUT2D eigenvalue weighted by Gasteiger charge is -2.26. The standard InChI is InChI=1S/C9H18N2O3S/c1-2-8(9(10)12)11-7-3-5-15(13,14)6-4-7/h7-8,11H,2-6H2,1H3,(H2,10,12). The Balaban J connectivity index is 2.44. The fourth-order valence-corrected chi connectivity index (χ4v) is 3.23. The third-order valence-electron chi connectivity index (χ3n) is 2.74. The number of primary amides is 1. The molecule has 1 saturated heterocycles. The molecule has 6 heteroatoms. The van der Waals surface area contributed by atoms with Gasteiger partial charge >= 0.3 is 0 Å². The minimum absolute atomic E-state index is 0.103. The number of carbonyl (C=O) groups excluding carboxylic acids is 1. The molecule has 0 spiro atoms. The van der Waals surface area contributed by atoms with Crippen LogP contribution in [0.1, 0.15) is 26.2 Å². The second-order valence-corrected chi connectivity index (χ2v) is 6.26. The molecule has 1 heterocycles. The highest BCUT2D eigenvalue weighted by atomic mass is 32.2. The van der Waals surface area contributed by atoms with Crippen molar-refractivity contribution in [1.29, 1.82) is 0 Å². The van der Waals surface area contributed by atoms with Crippen molar-refractivity contribution in [3.8, 4) is 0 Å². The quantitative estimate of drug-likeness (QED) is 0.681. The van der Waals surface area contributed by atoms with E-state index in [9.17, 15) is 13.2 Å². The molecule has 0 radical (unpaired) electrons. The minimum atomic E-state index is -2.83. The van der Waals surface area contributed by atoms with E-state index < -0.39 is 9.84 Å². The first-order valence-corrected chi connectivity index (χ1v) is 7.02. The average Bonchev–Trinajstić information content (AvgIpc) is 2.15. The summed E-state index contributed by atoms with van der Waals surface area (Å²) in [6.07, 6.45) is 1.79. The fraction of sp³-hybridized carbons (Fsp3) is 0.889. The first kappa shape index (κ1) is 12.4. The van der Waals surface area contributed by atoms with Crippen molar-refractivity contribution in [2.75, 3.05) is 11.5 Å². The molecule has 1 unspecified atom stereocenters. The van der Waals surface area contributed by atoms with Gasteiger partial charge in [-0.05, 0) is 19.3 Å². The average molecular weight is 234 g/mol. The van der Waals surface area contributed by atoms with Gasteiger partial charge in [0, 0.05) is 6.04 Å². The van der Waals surface area contributed by atoms with Crippen molar-refractivity contribution < 1.29 is 13.2 Å². The molecule has 1 amide bonds. The summed E-state index contributed by atoms with van der Waals surface area (Å²) in [5.74, 6) is 0.0469. The molecule has 1 fully saturated rings. The maximum absolute atomic E-state index is 11.2. The van der Waals surface area contributed by atoms with Crippen LogP contribution in [-0.2, 0) is 14.6 Å². The summed E-state index contributed by atoms with van der Waals surface area (Å²) >= 11 is 0. The smallest absolute Gasteiger partial charge is 0.234 e. The van der Waals surface area contributed by atoms with Crippen LogP contribution < -0.4 is 11.1 Å². The molecule has 0 aliphatic carbocycles. The third kappa shape index (κ3) is 3.79. The van der Waals surface area contributed by atoms with Gasteiger partial charge in [0.05, 0.1) is 17.5 Å². The lowest BCUT2D eigenvalue weighted by atomic mass is 10.1. The number of carbonyl (C=O) groups is 1. The lowest BCUT2D eigenvalue weighted by molar-refractivity contribution is -0.120. The van der Waals surface area contributed by atoms with E-state index in [1.165, 1.54) is 0 Å². The van der Waals surface area contributed by atoms with Crippen LogP contribution in [0.5, 0.6) is 0 Å². The minimum Gasteiger partial charge on any atom is -0.368 e. The number of amides is 1. The van der Waals surface area contributed by atoms with E-state index in [1.54, 1.807) is 0 Å². The number of nitrogens with one attached hydrogen (secondary N) is 1. The molecule has 5 nitrogen and oxygen atoms in total. The van der Waals surface area contributed by atoms with Crippen LogP contribution in [0.15, 0.2) is 0 Å². The number of rotatable bonds is 4. The van der Waals surface area contributed by atoms with Gasteiger partial charge < -0.3 is 11.1 Å². The number of sulfone groups is 1. The molecule has 0 aromatic rings. The maximum atomic E-state index is 11.2. The van der Waals surface area contributed by atoms with E-state index in [4.69, 9.17) is 5.73 Å². The summed E-state index contributed by atoms with van der Waals surface area (Å²) in [7, 11) is -2.83. The van der Waals surface area contributed by atoms with Crippen molar-refractivity contribution in [3.63, 3.8) is 0 Å². The Hall–Kier alpha value is -0.620. The Kier molecular flexibility index (Phi) is 4.10. The highest BCUT2D eigenvalue weighted by Gasteiger charge is 2.26. The highest BCUT2D eigenvalue weighted by molar-refractivity contribution is 7.91. The number of hydrogen-bond donors (Lipinski definition) is 2. The first-order valence-electron chi connectivity index (χ1n) is 5.20. The molecule has 1 aliphatic heterocycles.